The van der Waals surface area contributed by atoms with Crippen molar-refractivity contribution in [1.29, 1.82) is 5.26 Å². The van der Waals surface area contributed by atoms with E-state index in [1.807, 2.05) is 13.0 Å². The highest BCUT2D eigenvalue weighted by atomic mass is 16.5. The maximum atomic E-state index is 12.0. The number of methoxy groups -OCH3 is 1. The molecule has 96 valence electrons. The first-order valence-electron chi connectivity index (χ1n) is 5.73. The first-order chi connectivity index (χ1) is 9.06. The Hall–Kier alpha value is -2.61. The molecule has 0 atom stereocenters. The van der Waals surface area contributed by atoms with Crippen molar-refractivity contribution in [2.75, 3.05) is 7.11 Å². The van der Waals surface area contributed by atoms with E-state index in [0.29, 0.717) is 16.9 Å². The minimum Gasteiger partial charge on any atom is -0.496 e. The molecule has 0 radical (unpaired) electrons. The largest absolute Gasteiger partial charge is 0.496 e. The zero-order valence-corrected chi connectivity index (χ0v) is 10.9. The Labute approximate surface area is 110 Å². The zero-order valence-electron chi connectivity index (χ0n) is 10.9. The average Bonchev–Trinajstić information content (AvgIpc) is 2.42. The van der Waals surface area contributed by atoms with E-state index in [1.54, 1.807) is 25.1 Å². The molecule has 0 aliphatic carbocycles. The summed E-state index contributed by atoms with van der Waals surface area (Å²) in [4.78, 5) is 19.0. The first-order valence-corrected chi connectivity index (χ1v) is 5.73. The van der Waals surface area contributed by atoms with Gasteiger partial charge in [0.05, 0.1) is 24.4 Å². The van der Waals surface area contributed by atoms with Crippen LogP contribution in [0, 0.1) is 25.2 Å². The highest BCUT2D eigenvalue weighted by Crippen LogP contribution is 2.27. The molecule has 1 aromatic heterocycles. The molecule has 5 heteroatoms. The molecule has 0 unspecified atom stereocenters. The molecule has 0 spiro atoms. The van der Waals surface area contributed by atoms with Crippen LogP contribution in [0.15, 0.2) is 23.0 Å². The Morgan fingerprint density at radius 2 is 2.11 bits per heavy atom. The number of aryl methyl sites for hydroxylation is 2. The van der Waals surface area contributed by atoms with Crippen LogP contribution in [-0.2, 0) is 0 Å². The highest BCUT2D eigenvalue weighted by Gasteiger charge is 2.13. The second-order valence-corrected chi connectivity index (χ2v) is 4.15. The molecule has 2 aromatic rings. The van der Waals surface area contributed by atoms with Crippen molar-refractivity contribution in [1.82, 2.24) is 9.97 Å². The number of benzene rings is 1. The van der Waals surface area contributed by atoms with Crippen molar-refractivity contribution >= 4 is 0 Å². The van der Waals surface area contributed by atoms with Gasteiger partial charge in [0.15, 0.2) is 0 Å². The number of H-pyrrole nitrogens is 1. The minimum atomic E-state index is -0.295. The van der Waals surface area contributed by atoms with Crippen LogP contribution < -0.4 is 10.3 Å². The second kappa shape index (κ2) is 4.94. The van der Waals surface area contributed by atoms with Gasteiger partial charge in [0.1, 0.15) is 11.4 Å². The van der Waals surface area contributed by atoms with Crippen molar-refractivity contribution in [3.63, 3.8) is 0 Å². The van der Waals surface area contributed by atoms with Crippen LogP contribution in [0.25, 0.3) is 11.3 Å². The first kappa shape index (κ1) is 12.8. The Morgan fingerprint density at radius 3 is 2.74 bits per heavy atom. The molecule has 0 amide bonds. The lowest BCUT2D eigenvalue weighted by Crippen LogP contribution is -2.14. The van der Waals surface area contributed by atoms with Gasteiger partial charge in [-0.3, -0.25) is 4.79 Å². The van der Waals surface area contributed by atoms with Gasteiger partial charge in [-0.25, -0.2) is 4.98 Å². The Balaban J connectivity index is 2.74. The van der Waals surface area contributed by atoms with Gasteiger partial charge in [-0.2, -0.15) is 5.26 Å². The number of nitrogens with zero attached hydrogens (tertiary/aromatic N) is 2. The van der Waals surface area contributed by atoms with E-state index in [9.17, 15) is 4.79 Å². The van der Waals surface area contributed by atoms with E-state index in [2.05, 4.69) is 9.97 Å². The van der Waals surface area contributed by atoms with Crippen LogP contribution in [0.2, 0.25) is 0 Å². The van der Waals surface area contributed by atoms with Crippen LogP contribution >= 0.6 is 0 Å². The summed E-state index contributed by atoms with van der Waals surface area (Å²) in [6, 6.07) is 6.93. The summed E-state index contributed by atoms with van der Waals surface area (Å²) >= 11 is 0. The molecular weight excluding hydrogens is 242 g/mol. The molecule has 0 saturated carbocycles. The topological polar surface area (TPSA) is 78.8 Å². The Bertz CT molecular complexity index is 726. The standard InChI is InChI=1S/C14H13N3O2/c1-8-9(2)17-14(18)13(16-8)11-6-10(7-15)4-5-12(11)19-3/h4-6H,1-3H3,(H,17,18). The third-order valence-corrected chi connectivity index (χ3v) is 2.92. The fourth-order valence-corrected chi connectivity index (χ4v) is 1.77. The molecule has 0 saturated heterocycles. The van der Waals surface area contributed by atoms with Gasteiger partial charge in [-0.15, -0.1) is 0 Å². The minimum absolute atomic E-state index is 0.261. The maximum absolute atomic E-state index is 12.0. The Kier molecular flexibility index (Phi) is 3.34. The number of rotatable bonds is 2. The van der Waals surface area contributed by atoms with Crippen molar-refractivity contribution in [2.24, 2.45) is 0 Å². The van der Waals surface area contributed by atoms with Crippen LogP contribution in [-0.4, -0.2) is 17.1 Å². The average molecular weight is 255 g/mol. The lowest BCUT2D eigenvalue weighted by atomic mass is 10.1. The fourth-order valence-electron chi connectivity index (χ4n) is 1.77. The van der Waals surface area contributed by atoms with Gasteiger partial charge in [0.25, 0.3) is 5.56 Å². The monoisotopic (exact) mass is 255 g/mol. The number of aromatic amines is 1. The van der Waals surface area contributed by atoms with Crippen LogP contribution in [0.3, 0.4) is 0 Å². The van der Waals surface area contributed by atoms with Gasteiger partial charge < -0.3 is 9.72 Å². The van der Waals surface area contributed by atoms with Crippen molar-refractivity contribution < 1.29 is 4.74 Å². The molecule has 1 heterocycles. The quantitative estimate of drug-likeness (QED) is 0.889. The molecule has 1 N–H and O–H groups in total. The van der Waals surface area contributed by atoms with Crippen LogP contribution in [0.4, 0.5) is 0 Å². The summed E-state index contributed by atoms with van der Waals surface area (Å²) in [7, 11) is 1.51. The van der Waals surface area contributed by atoms with Crippen molar-refractivity contribution in [3.05, 3.63) is 45.5 Å². The highest BCUT2D eigenvalue weighted by molar-refractivity contribution is 5.68. The van der Waals surface area contributed by atoms with E-state index in [-0.39, 0.29) is 11.3 Å². The summed E-state index contributed by atoms with van der Waals surface area (Å²) in [6.07, 6.45) is 0. The molecule has 5 nitrogen and oxygen atoms in total. The number of ether oxygens (including phenoxy) is 1. The third kappa shape index (κ3) is 2.33. The molecule has 0 aliphatic rings. The van der Waals surface area contributed by atoms with Crippen molar-refractivity contribution in [3.8, 4) is 23.1 Å². The number of nitrogens with one attached hydrogen (secondary N) is 1. The predicted molar refractivity (Wildman–Crippen MR) is 71.0 cm³/mol. The lowest BCUT2D eigenvalue weighted by molar-refractivity contribution is 0.416. The molecular formula is C14H13N3O2. The van der Waals surface area contributed by atoms with E-state index >= 15 is 0 Å². The van der Waals surface area contributed by atoms with E-state index < -0.39 is 0 Å². The lowest BCUT2D eigenvalue weighted by Gasteiger charge is -2.09. The van der Waals surface area contributed by atoms with Gasteiger partial charge in [0, 0.05) is 11.3 Å². The summed E-state index contributed by atoms with van der Waals surface area (Å²) < 4.78 is 5.22. The maximum Gasteiger partial charge on any atom is 0.274 e. The fraction of sp³-hybridized carbons (Fsp3) is 0.214. The van der Waals surface area contributed by atoms with E-state index in [4.69, 9.17) is 10.00 Å². The smallest absolute Gasteiger partial charge is 0.274 e. The second-order valence-electron chi connectivity index (χ2n) is 4.15. The molecule has 19 heavy (non-hydrogen) atoms. The number of hydrogen-bond acceptors (Lipinski definition) is 4. The zero-order chi connectivity index (χ0) is 14.0. The normalized spacial score (nSPS) is 10.0. The molecule has 0 fully saturated rings. The predicted octanol–water partition coefficient (Wildman–Crippen LogP) is 1.93. The molecule has 2 rings (SSSR count). The molecule has 0 bridgehead atoms. The van der Waals surface area contributed by atoms with E-state index in [0.717, 1.165) is 11.4 Å². The van der Waals surface area contributed by atoms with Crippen LogP contribution in [0.5, 0.6) is 5.75 Å². The third-order valence-electron chi connectivity index (χ3n) is 2.92. The number of nitriles is 1. The Morgan fingerprint density at radius 1 is 1.37 bits per heavy atom. The van der Waals surface area contributed by atoms with Gasteiger partial charge in [-0.05, 0) is 32.0 Å². The summed E-state index contributed by atoms with van der Waals surface area (Å²) in [5, 5.41) is 8.94. The summed E-state index contributed by atoms with van der Waals surface area (Å²) in [5.41, 5.74) is 2.40. The van der Waals surface area contributed by atoms with Gasteiger partial charge >= 0.3 is 0 Å². The van der Waals surface area contributed by atoms with Gasteiger partial charge in [-0.1, -0.05) is 0 Å². The molecule has 1 aromatic carbocycles. The van der Waals surface area contributed by atoms with Crippen LogP contribution in [0.1, 0.15) is 17.0 Å². The molecule has 0 aliphatic heterocycles. The number of hydrogen-bond donors (Lipinski definition) is 1. The summed E-state index contributed by atoms with van der Waals surface area (Å²) in [6.45, 7) is 3.60. The van der Waals surface area contributed by atoms with E-state index in [1.165, 1.54) is 7.11 Å². The van der Waals surface area contributed by atoms with Crippen molar-refractivity contribution in [2.45, 2.75) is 13.8 Å². The SMILES string of the molecule is COc1ccc(C#N)cc1-c1nc(C)c(C)[nH]c1=O. The number of aromatic nitrogens is 2. The van der Waals surface area contributed by atoms with Gasteiger partial charge in [0.2, 0.25) is 0 Å². The summed E-state index contributed by atoms with van der Waals surface area (Å²) in [5.74, 6) is 0.514.